The van der Waals surface area contributed by atoms with Crippen molar-refractivity contribution >= 4 is 5.69 Å². The molecule has 0 bridgehead atoms. The minimum Gasteiger partial charge on any atom is -0.490 e. The summed E-state index contributed by atoms with van der Waals surface area (Å²) in [5.41, 5.74) is 2.83. The Labute approximate surface area is 90.8 Å². The number of ether oxygens (including phenoxy) is 1. The van der Waals surface area contributed by atoms with E-state index in [-0.39, 0.29) is 0 Å². The average Bonchev–Trinajstić information content (AvgIpc) is 2.82. The second-order valence-electron chi connectivity index (χ2n) is 4.58. The molecule has 0 spiro atoms. The normalized spacial score (nSPS) is 24.1. The van der Waals surface area contributed by atoms with Gasteiger partial charge >= 0.3 is 0 Å². The first-order chi connectivity index (χ1) is 7.34. The molecule has 15 heavy (non-hydrogen) atoms. The molecular formula is C13H17NO. The molecule has 0 radical (unpaired) electrons. The number of benzene rings is 1. The zero-order valence-electron chi connectivity index (χ0n) is 9.20. The first-order valence-electron chi connectivity index (χ1n) is 5.88. The summed E-state index contributed by atoms with van der Waals surface area (Å²) in [5.74, 6) is 1.10. The van der Waals surface area contributed by atoms with Crippen LogP contribution in [0.3, 0.4) is 0 Å². The van der Waals surface area contributed by atoms with Crippen molar-refractivity contribution in [1.82, 2.24) is 0 Å². The molecule has 2 aliphatic rings. The predicted molar refractivity (Wildman–Crippen MR) is 61.7 cm³/mol. The maximum absolute atomic E-state index is 5.78. The van der Waals surface area contributed by atoms with Gasteiger partial charge in [0.2, 0.25) is 0 Å². The molecule has 1 aromatic carbocycles. The molecule has 0 aliphatic carbocycles. The van der Waals surface area contributed by atoms with Gasteiger partial charge in [-0.1, -0.05) is 6.07 Å². The quantitative estimate of drug-likeness (QED) is 0.695. The van der Waals surface area contributed by atoms with E-state index in [1.54, 1.807) is 0 Å². The van der Waals surface area contributed by atoms with E-state index in [4.69, 9.17) is 4.74 Å². The van der Waals surface area contributed by atoms with E-state index < -0.39 is 0 Å². The summed E-state index contributed by atoms with van der Waals surface area (Å²) in [6, 6.07) is 6.45. The van der Waals surface area contributed by atoms with E-state index >= 15 is 0 Å². The van der Waals surface area contributed by atoms with E-state index in [1.807, 2.05) is 0 Å². The molecule has 2 nitrogen and oxygen atoms in total. The van der Waals surface area contributed by atoms with Crippen molar-refractivity contribution in [3.8, 4) is 5.75 Å². The summed E-state index contributed by atoms with van der Waals surface area (Å²) in [6.45, 7) is 4.57. The van der Waals surface area contributed by atoms with Crippen LogP contribution in [0.2, 0.25) is 0 Å². The number of nitrogens with zero attached hydrogens (tertiary/aromatic N) is 1. The maximum Gasteiger partial charge on any atom is 0.125 e. The number of fused-ring (bicyclic) bond motifs is 1. The summed E-state index contributed by atoms with van der Waals surface area (Å²) in [4.78, 5) is 2.50. The van der Waals surface area contributed by atoms with Crippen molar-refractivity contribution in [2.75, 3.05) is 18.0 Å². The third-order valence-corrected chi connectivity index (χ3v) is 3.37. The molecule has 0 aromatic heterocycles. The van der Waals surface area contributed by atoms with Crippen LogP contribution in [0.5, 0.6) is 5.75 Å². The van der Waals surface area contributed by atoms with Crippen molar-refractivity contribution in [2.45, 2.75) is 32.3 Å². The van der Waals surface area contributed by atoms with Crippen LogP contribution in [-0.2, 0) is 6.42 Å². The lowest BCUT2D eigenvalue weighted by atomic mass is 10.1. The zero-order valence-corrected chi connectivity index (χ0v) is 9.20. The van der Waals surface area contributed by atoms with Gasteiger partial charge < -0.3 is 9.64 Å². The number of anilines is 1. The molecule has 1 saturated heterocycles. The van der Waals surface area contributed by atoms with E-state index in [9.17, 15) is 0 Å². The molecule has 3 rings (SSSR count). The van der Waals surface area contributed by atoms with Crippen LogP contribution < -0.4 is 9.64 Å². The van der Waals surface area contributed by atoms with Gasteiger partial charge in [-0.3, -0.25) is 0 Å². The van der Waals surface area contributed by atoms with Gasteiger partial charge in [-0.2, -0.15) is 0 Å². The van der Waals surface area contributed by atoms with Gasteiger partial charge in [0.05, 0.1) is 0 Å². The second-order valence-corrected chi connectivity index (χ2v) is 4.58. The largest absolute Gasteiger partial charge is 0.490 e. The van der Waals surface area contributed by atoms with Crippen LogP contribution in [0.1, 0.15) is 25.3 Å². The first-order valence-corrected chi connectivity index (χ1v) is 5.88. The Morgan fingerprint density at radius 1 is 1.27 bits per heavy atom. The van der Waals surface area contributed by atoms with Gasteiger partial charge in [-0.25, -0.2) is 0 Å². The van der Waals surface area contributed by atoms with Gasteiger partial charge in [0.25, 0.3) is 0 Å². The molecule has 1 fully saturated rings. The molecule has 80 valence electrons. The Morgan fingerprint density at radius 3 is 2.87 bits per heavy atom. The van der Waals surface area contributed by atoms with Crippen molar-refractivity contribution in [3.63, 3.8) is 0 Å². The summed E-state index contributed by atoms with van der Waals surface area (Å²) >= 11 is 0. The van der Waals surface area contributed by atoms with Gasteiger partial charge in [0, 0.05) is 30.8 Å². The lowest BCUT2D eigenvalue weighted by molar-refractivity contribution is 0.254. The number of rotatable bonds is 1. The molecule has 2 heterocycles. The summed E-state index contributed by atoms with van der Waals surface area (Å²) in [5, 5.41) is 0. The van der Waals surface area contributed by atoms with E-state index in [1.165, 1.54) is 37.2 Å². The lowest BCUT2D eigenvalue weighted by Crippen LogP contribution is -2.19. The van der Waals surface area contributed by atoms with Crippen molar-refractivity contribution in [1.29, 1.82) is 0 Å². The smallest absolute Gasteiger partial charge is 0.125 e. The van der Waals surface area contributed by atoms with E-state index in [2.05, 4.69) is 30.0 Å². The number of hydrogen-bond donors (Lipinski definition) is 0. The predicted octanol–water partition coefficient (Wildman–Crippen LogP) is 2.61. The molecule has 1 atom stereocenters. The molecule has 2 heteroatoms. The topological polar surface area (TPSA) is 12.5 Å². The maximum atomic E-state index is 5.78. The SMILES string of the molecule is CC1Cc2c(cccc2N2CCCC2)O1. The van der Waals surface area contributed by atoms with Crippen LogP contribution in [0.15, 0.2) is 18.2 Å². The zero-order chi connectivity index (χ0) is 10.3. The van der Waals surface area contributed by atoms with Crippen LogP contribution in [0.4, 0.5) is 5.69 Å². The van der Waals surface area contributed by atoms with Gasteiger partial charge in [0.1, 0.15) is 11.9 Å². The van der Waals surface area contributed by atoms with Crippen molar-refractivity contribution in [3.05, 3.63) is 23.8 Å². The molecule has 0 saturated carbocycles. The van der Waals surface area contributed by atoms with Crippen LogP contribution >= 0.6 is 0 Å². The second kappa shape index (κ2) is 3.44. The molecular weight excluding hydrogens is 186 g/mol. The lowest BCUT2D eigenvalue weighted by Gasteiger charge is -2.20. The van der Waals surface area contributed by atoms with Gasteiger partial charge in [-0.15, -0.1) is 0 Å². The van der Waals surface area contributed by atoms with Crippen LogP contribution in [0.25, 0.3) is 0 Å². The Hall–Kier alpha value is -1.18. The van der Waals surface area contributed by atoms with Crippen molar-refractivity contribution < 1.29 is 4.74 Å². The summed E-state index contributed by atoms with van der Waals surface area (Å²) < 4.78 is 5.78. The molecule has 0 N–H and O–H groups in total. The molecule has 2 aliphatic heterocycles. The monoisotopic (exact) mass is 203 g/mol. The Balaban J connectivity index is 1.98. The first kappa shape index (κ1) is 9.08. The van der Waals surface area contributed by atoms with Gasteiger partial charge in [-0.05, 0) is 31.9 Å². The number of hydrogen-bond acceptors (Lipinski definition) is 2. The highest BCUT2D eigenvalue weighted by atomic mass is 16.5. The molecule has 0 amide bonds. The fourth-order valence-corrected chi connectivity index (χ4v) is 2.67. The fraction of sp³-hybridized carbons (Fsp3) is 0.538. The third-order valence-electron chi connectivity index (χ3n) is 3.37. The fourth-order valence-electron chi connectivity index (χ4n) is 2.67. The Kier molecular flexibility index (Phi) is 2.08. The standard InChI is InChI=1S/C13H17NO/c1-10-9-11-12(14-7-2-3-8-14)5-4-6-13(11)15-10/h4-6,10H,2-3,7-9H2,1H3. The molecule has 1 unspecified atom stereocenters. The Morgan fingerprint density at radius 2 is 2.07 bits per heavy atom. The van der Waals surface area contributed by atoms with Crippen LogP contribution in [-0.4, -0.2) is 19.2 Å². The van der Waals surface area contributed by atoms with Crippen molar-refractivity contribution in [2.24, 2.45) is 0 Å². The van der Waals surface area contributed by atoms with Crippen LogP contribution in [0, 0.1) is 0 Å². The highest BCUT2D eigenvalue weighted by Gasteiger charge is 2.25. The van der Waals surface area contributed by atoms with Gasteiger partial charge in [0.15, 0.2) is 0 Å². The highest BCUT2D eigenvalue weighted by Crippen LogP contribution is 2.37. The molecule has 1 aromatic rings. The van der Waals surface area contributed by atoms with E-state index in [0.717, 1.165) is 12.2 Å². The average molecular weight is 203 g/mol. The summed E-state index contributed by atoms with van der Waals surface area (Å²) in [7, 11) is 0. The third kappa shape index (κ3) is 1.48. The minimum atomic E-state index is 0.351. The minimum absolute atomic E-state index is 0.351. The van der Waals surface area contributed by atoms with E-state index in [0.29, 0.717) is 6.10 Å². The highest BCUT2D eigenvalue weighted by molar-refractivity contribution is 5.61. The summed E-state index contributed by atoms with van der Waals surface area (Å²) in [6.07, 6.45) is 4.09. The Bertz CT molecular complexity index is 369.